The Labute approximate surface area is 139 Å². The molecule has 1 aliphatic heterocycles. The molecule has 0 spiro atoms. The van der Waals surface area contributed by atoms with E-state index in [0.29, 0.717) is 17.8 Å². The Morgan fingerprint density at radius 2 is 2.17 bits per heavy atom. The number of halogens is 1. The highest BCUT2D eigenvalue weighted by atomic mass is 19.1. The summed E-state index contributed by atoms with van der Waals surface area (Å²) >= 11 is 0. The number of hydrogen-bond donors (Lipinski definition) is 1. The van der Waals surface area contributed by atoms with Gasteiger partial charge in [0.25, 0.3) is 5.91 Å². The average Bonchev–Trinajstić information content (AvgIpc) is 3.10. The molecule has 2 heterocycles. The summed E-state index contributed by atoms with van der Waals surface area (Å²) in [5.74, 6) is -0.575. The third kappa shape index (κ3) is 3.98. The predicted molar refractivity (Wildman–Crippen MR) is 86.1 cm³/mol. The third-order valence-corrected chi connectivity index (χ3v) is 4.08. The summed E-state index contributed by atoms with van der Waals surface area (Å²) in [5.41, 5.74) is 1.00. The molecule has 0 bridgehead atoms. The molecule has 1 aromatic heterocycles. The lowest BCUT2D eigenvalue weighted by atomic mass is 10.1. The number of ether oxygens (including phenoxy) is 1. The number of hydrogen-bond acceptors (Lipinski definition) is 5. The lowest BCUT2D eigenvalue weighted by Crippen LogP contribution is -2.47. The molecule has 0 aliphatic carbocycles. The Morgan fingerprint density at radius 1 is 1.38 bits per heavy atom. The van der Waals surface area contributed by atoms with Gasteiger partial charge in [0.05, 0.1) is 13.2 Å². The van der Waals surface area contributed by atoms with E-state index in [1.54, 1.807) is 12.1 Å². The van der Waals surface area contributed by atoms with E-state index in [9.17, 15) is 9.18 Å². The minimum atomic E-state index is -0.360. The Hall–Kier alpha value is -2.25. The van der Waals surface area contributed by atoms with E-state index in [4.69, 9.17) is 9.26 Å². The van der Waals surface area contributed by atoms with Gasteiger partial charge in [0.15, 0.2) is 0 Å². The highest BCUT2D eigenvalue weighted by Crippen LogP contribution is 2.19. The van der Waals surface area contributed by atoms with Crippen LogP contribution in [-0.4, -0.2) is 54.9 Å². The Balaban J connectivity index is 1.57. The number of benzene rings is 1. The monoisotopic (exact) mass is 333 g/mol. The molecule has 1 atom stereocenters. The van der Waals surface area contributed by atoms with E-state index in [-0.39, 0.29) is 23.5 Å². The molecule has 0 radical (unpaired) electrons. The predicted octanol–water partition coefficient (Wildman–Crippen LogP) is 1.93. The standard InChI is InChI=1S/C17H20FN3O3/c1-12(21-5-7-23-8-6-21)11-19-17(22)16-10-15(20-24-16)13-3-2-4-14(18)9-13/h2-4,9-10,12H,5-8,11H2,1H3,(H,19,22)/t12-/m0/s1. The Morgan fingerprint density at radius 3 is 2.92 bits per heavy atom. The summed E-state index contributed by atoms with van der Waals surface area (Å²) < 4.78 is 23.7. The van der Waals surface area contributed by atoms with Crippen molar-refractivity contribution in [2.24, 2.45) is 0 Å². The maximum absolute atomic E-state index is 13.3. The van der Waals surface area contributed by atoms with Gasteiger partial charge in [-0.25, -0.2) is 4.39 Å². The molecule has 3 rings (SSSR count). The van der Waals surface area contributed by atoms with Gasteiger partial charge in [-0.2, -0.15) is 0 Å². The molecule has 128 valence electrons. The fourth-order valence-corrected chi connectivity index (χ4v) is 2.64. The Kier molecular flexibility index (Phi) is 5.22. The van der Waals surface area contributed by atoms with Crippen LogP contribution in [0.1, 0.15) is 17.5 Å². The summed E-state index contributed by atoms with van der Waals surface area (Å²) in [6.45, 7) is 5.74. The minimum absolute atomic E-state index is 0.114. The van der Waals surface area contributed by atoms with Crippen LogP contribution in [0, 0.1) is 5.82 Å². The largest absolute Gasteiger partial charge is 0.379 e. The highest BCUT2D eigenvalue weighted by Gasteiger charge is 2.19. The minimum Gasteiger partial charge on any atom is -0.379 e. The molecule has 1 fully saturated rings. The number of morpholine rings is 1. The lowest BCUT2D eigenvalue weighted by molar-refractivity contribution is 0.0203. The van der Waals surface area contributed by atoms with Crippen LogP contribution in [0.25, 0.3) is 11.3 Å². The first-order valence-electron chi connectivity index (χ1n) is 7.96. The molecule has 1 amide bonds. The second-order valence-electron chi connectivity index (χ2n) is 5.79. The van der Waals surface area contributed by atoms with Crippen molar-refractivity contribution in [2.75, 3.05) is 32.8 Å². The average molecular weight is 333 g/mol. The van der Waals surface area contributed by atoms with Crippen LogP contribution in [0.5, 0.6) is 0 Å². The summed E-state index contributed by atoms with van der Waals surface area (Å²) in [5, 5.41) is 6.68. The maximum Gasteiger partial charge on any atom is 0.289 e. The van der Waals surface area contributed by atoms with Gasteiger partial charge in [-0.05, 0) is 19.1 Å². The van der Waals surface area contributed by atoms with Gasteiger partial charge in [-0.3, -0.25) is 9.69 Å². The van der Waals surface area contributed by atoms with Crippen molar-refractivity contribution in [3.8, 4) is 11.3 Å². The second-order valence-corrected chi connectivity index (χ2v) is 5.79. The third-order valence-electron chi connectivity index (χ3n) is 4.08. The van der Waals surface area contributed by atoms with Crippen LogP contribution >= 0.6 is 0 Å². The Bertz CT molecular complexity index is 698. The smallest absolute Gasteiger partial charge is 0.289 e. The van der Waals surface area contributed by atoms with Gasteiger partial charge in [0, 0.05) is 37.3 Å². The summed E-state index contributed by atoms with van der Waals surface area (Å²) in [4.78, 5) is 14.4. The first-order valence-corrected chi connectivity index (χ1v) is 7.96. The zero-order valence-corrected chi connectivity index (χ0v) is 13.5. The zero-order valence-electron chi connectivity index (χ0n) is 13.5. The fraction of sp³-hybridized carbons (Fsp3) is 0.412. The molecular weight excluding hydrogens is 313 g/mol. The highest BCUT2D eigenvalue weighted by molar-refractivity contribution is 5.92. The van der Waals surface area contributed by atoms with Gasteiger partial charge in [0.2, 0.25) is 5.76 Å². The maximum atomic E-state index is 13.3. The van der Waals surface area contributed by atoms with Crippen LogP contribution < -0.4 is 5.32 Å². The second kappa shape index (κ2) is 7.55. The fourth-order valence-electron chi connectivity index (χ4n) is 2.64. The molecule has 0 unspecified atom stereocenters. The van der Waals surface area contributed by atoms with E-state index < -0.39 is 0 Å². The van der Waals surface area contributed by atoms with Crippen molar-refractivity contribution in [2.45, 2.75) is 13.0 Å². The molecule has 1 saturated heterocycles. The number of rotatable bonds is 5. The van der Waals surface area contributed by atoms with Crippen molar-refractivity contribution in [3.05, 3.63) is 41.9 Å². The first kappa shape index (κ1) is 16.6. The molecule has 1 N–H and O–H groups in total. The van der Waals surface area contributed by atoms with Crippen LogP contribution in [0.4, 0.5) is 4.39 Å². The van der Waals surface area contributed by atoms with Crippen LogP contribution in [0.15, 0.2) is 34.9 Å². The van der Waals surface area contributed by atoms with Gasteiger partial charge in [0.1, 0.15) is 11.5 Å². The number of aromatic nitrogens is 1. The summed E-state index contributed by atoms with van der Waals surface area (Å²) in [6, 6.07) is 7.73. The van der Waals surface area contributed by atoms with Gasteiger partial charge in [-0.1, -0.05) is 17.3 Å². The molecule has 1 aromatic carbocycles. The number of carbonyl (C=O) groups excluding carboxylic acids is 1. The van der Waals surface area contributed by atoms with Crippen molar-refractivity contribution in [3.63, 3.8) is 0 Å². The van der Waals surface area contributed by atoms with Gasteiger partial charge >= 0.3 is 0 Å². The van der Waals surface area contributed by atoms with Gasteiger partial charge < -0.3 is 14.6 Å². The van der Waals surface area contributed by atoms with Crippen LogP contribution in [0.3, 0.4) is 0 Å². The zero-order chi connectivity index (χ0) is 16.9. The van der Waals surface area contributed by atoms with Crippen molar-refractivity contribution in [1.29, 1.82) is 0 Å². The van der Waals surface area contributed by atoms with E-state index >= 15 is 0 Å². The number of nitrogens with one attached hydrogen (secondary N) is 1. The van der Waals surface area contributed by atoms with E-state index in [0.717, 1.165) is 26.3 Å². The number of amides is 1. The van der Waals surface area contributed by atoms with Crippen LogP contribution in [0.2, 0.25) is 0 Å². The topological polar surface area (TPSA) is 67.6 Å². The number of carbonyl (C=O) groups is 1. The molecule has 24 heavy (non-hydrogen) atoms. The molecular formula is C17H20FN3O3. The lowest BCUT2D eigenvalue weighted by Gasteiger charge is -2.32. The molecule has 0 saturated carbocycles. The van der Waals surface area contributed by atoms with Gasteiger partial charge in [-0.15, -0.1) is 0 Å². The van der Waals surface area contributed by atoms with Crippen LogP contribution in [-0.2, 0) is 4.74 Å². The summed E-state index contributed by atoms with van der Waals surface area (Å²) in [6.07, 6.45) is 0. The molecule has 2 aromatic rings. The molecule has 1 aliphatic rings. The van der Waals surface area contributed by atoms with Crippen molar-refractivity contribution >= 4 is 5.91 Å². The van der Waals surface area contributed by atoms with Crippen molar-refractivity contribution in [1.82, 2.24) is 15.4 Å². The first-order chi connectivity index (χ1) is 11.6. The number of nitrogens with zero attached hydrogens (tertiary/aromatic N) is 2. The molecule has 7 heteroatoms. The van der Waals surface area contributed by atoms with Crippen molar-refractivity contribution < 1.29 is 18.4 Å². The quantitative estimate of drug-likeness (QED) is 0.906. The SMILES string of the molecule is C[C@@H](CNC(=O)c1cc(-c2cccc(F)c2)no1)N1CCOCC1. The normalized spacial score (nSPS) is 16.8. The summed E-state index contributed by atoms with van der Waals surface area (Å²) in [7, 11) is 0. The van der Waals surface area contributed by atoms with E-state index in [2.05, 4.69) is 22.3 Å². The molecule has 6 nitrogen and oxygen atoms in total. The van der Waals surface area contributed by atoms with E-state index in [1.807, 2.05) is 0 Å². The van der Waals surface area contributed by atoms with E-state index in [1.165, 1.54) is 18.2 Å².